The predicted octanol–water partition coefficient (Wildman–Crippen LogP) is 1.70. The van der Waals surface area contributed by atoms with E-state index in [0.717, 1.165) is 36.4 Å². The Labute approximate surface area is 90.6 Å². The van der Waals surface area contributed by atoms with Crippen LogP contribution in [-0.4, -0.2) is 20.2 Å². The van der Waals surface area contributed by atoms with Gasteiger partial charge < -0.3 is 15.8 Å². The molecule has 1 aliphatic carbocycles. The molecule has 3 heteroatoms. The van der Waals surface area contributed by atoms with Crippen molar-refractivity contribution >= 4 is 5.69 Å². The van der Waals surface area contributed by atoms with Crippen molar-refractivity contribution in [2.45, 2.75) is 6.42 Å². The first-order chi connectivity index (χ1) is 7.33. The highest BCUT2D eigenvalue weighted by Gasteiger charge is 2.34. The molecule has 0 spiro atoms. The third-order valence-electron chi connectivity index (χ3n) is 3.01. The monoisotopic (exact) mass is 206 g/mol. The molecule has 1 aromatic carbocycles. The SMILES string of the molecule is COc1cccc(NCC2CC2CN)c1. The van der Waals surface area contributed by atoms with Crippen LogP contribution >= 0.6 is 0 Å². The van der Waals surface area contributed by atoms with Crippen LogP contribution in [0.1, 0.15) is 6.42 Å². The van der Waals surface area contributed by atoms with Crippen molar-refractivity contribution in [3.63, 3.8) is 0 Å². The van der Waals surface area contributed by atoms with Crippen molar-refractivity contribution < 1.29 is 4.74 Å². The zero-order chi connectivity index (χ0) is 10.7. The first-order valence-corrected chi connectivity index (χ1v) is 5.41. The third-order valence-corrected chi connectivity index (χ3v) is 3.01. The maximum Gasteiger partial charge on any atom is 0.120 e. The van der Waals surface area contributed by atoms with E-state index >= 15 is 0 Å². The molecule has 15 heavy (non-hydrogen) atoms. The van der Waals surface area contributed by atoms with Crippen LogP contribution in [0.25, 0.3) is 0 Å². The summed E-state index contributed by atoms with van der Waals surface area (Å²) in [5, 5.41) is 3.41. The largest absolute Gasteiger partial charge is 0.497 e. The van der Waals surface area contributed by atoms with Crippen molar-refractivity contribution in [1.82, 2.24) is 0 Å². The highest BCUT2D eigenvalue weighted by atomic mass is 16.5. The van der Waals surface area contributed by atoms with Gasteiger partial charge in [0.25, 0.3) is 0 Å². The molecule has 0 bridgehead atoms. The van der Waals surface area contributed by atoms with E-state index < -0.39 is 0 Å². The van der Waals surface area contributed by atoms with Gasteiger partial charge >= 0.3 is 0 Å². The molecular formula is C12H18N2O. The summed E-state index contributed by atoms with van der Waals surface area (Å²) in [5.41, 5.74) is 6.71. The van der Waals surface area contributed by atoms with Gasteiger partial charge in [-0.15, -0.1) is 0 Å². The Morgan fingerprint density at radius 1 is 1.47 bits per heavy atom. The summed E-state index contributed by atoms with van der Waals surface area (Å²) in [4.78, 5) is 0. The van der Waals surface area contributed by atoms with E-state index in [4.69, 9.17) is 10.5 Å². The molecule has 0 amide bonds. The Balaban J connectivity index is 1.83. The summed E-state index contributed by atoms with van der Waals surface area (Å²) < 4.78 is 5.16. The maximum atomic E-state index is 5.59. The lowest BCUT2D eigenvalue weighted by atomic mass is 10.2. The average Bonchev–Trinajstić information content (AvgIpc) is 3.05. The van der Waals surface area contributed by atoms with Gasteiger partial charge in [0, 0.05) is 18.3 Å². The summed E-state index contributed by atoms with van der Waals surface area (Å²) >= 11 is 0. The lowest BCUT2D eigenvalue weighted by Crippen LogP contribution is -2.09. The molecular weight excluding hydrogens is 188 g/mol. The standard InChI is InChI=1S/C12H18N2O/c1-15-12-4-2-3-11(6-12)14-8-10-5-9(10)7-13/h2-4,6,9-10,14H,5,7-8,13H2,1H3. The summed E-state index contributed by atoms with van der Waals surface area (Å²) in [6.45, 7) is 1.85. The molecule has 0 aromatic heterocycles. The van der Waals surface area contributed by atoms with Crippen LogP contribution in [-0.2, 0) is 0 Å². The van der Waals surface area contributed by atoms with E-state index in [1.807, 2.05) is 18.2 Å². The fraction of sp³-hybridized carbons (Fsp3) is 0.500. The van der Waals surface area contributed by atoms with Crippen LogP contribution in [0, 0.1) is 11.8 Å². The highest BCUT2D eigenvalue weighted by molar-refractivity contribution is 5.48. The van der Waals surface area contributed by atoms with Gasteiger partial charge in [0.2, 0.25) is 0 Å². The molecule has 0 saturated heterocycles. The molecule has 1 aliphatic rings. The molecule has 0 aliphatic heterocycles. The second-order valence-corrected chi connectivity index (χ2v) is 4.10. The molecule has 3 nitrogen and oxygen atoms in total. The molecule has 1 aromatic rings. The molecule has 0 heterocycles. The van der Waals surface area contributed by atoms with Gasteiger partial charge in [0.05, 0.1) is 7.11 Å². The van der Waals surface area contributed by atoms with Crippen LogP contribution in [0.5, 0.6) is 5.75 Å². The van der Waals surface area contributed by atoms with E-state index in [0.29, 0.717) is 0 Å². The summed E-state index contributed by atoms with van der Waals surface area (Å²) in [6, 6.07) is 8.02. The molecule has 2 atom stereocenters. The van der Waals surface area contributed by atoms with Crippen LogP contribution in [0.3, 0.4) is 0 Å². The van der Waals surface area contributed by atoms with E-state index in [1.54, 1.807) is 7.11 Å². The van der Waals surface area contributed by atoms with E-state index in [9.17, 15) is 0 Å². The lowest BCUT2D eigenvalue weighted by molar-refractivity contribution is 0.415. The molecule has 82 valence electrons. The van der Waals surface area contributed by atoms with Crippen molar-refractivity contribution in [2.24, 2.45) is 17.6 Å². The van der Waals surface area contributed by atoms with E-state index in [1.165, 1.54) is 6.42 Å². The molecule has 2 unspecified atom stereocenters. The summed E-state index contributed by atoms with van der Waals surface area (Å²) in [7, 11) is 1.68. The van der Waals surface area contributed by atoms with Crippen molar-refractivity contribution in [2.75, 3.05) is 25.5 Å². The van der Waals surface area contributed by atoms with Gasteiger partial charge in [-0.25, -0.2) is 0 Å². The zero-order valence-electron chi connectivity index (χ0n) is 9.07. The van der Waals surface area contributed by atoms with E-state index in [2.05, 4.69) is 11.4 Å². The van der Waals surface area contributed by atoms with Crippen LogP contribution in [0.15, 0.2) is 24.3 Å². The van der Waals surface area contributed by atoms with Crippen molar-refractivity contribution in [3.8, 4) is 5.75 Å². The topological polar surface area (TPSA) is 47.3 Å². The molecule has 1 saturated carbocycles. The van der Waals surface area contributed by atoms with Crippen molar-refractivity contribution in [1.29, 1.82) is 0 Å². The van der Waals surface area contributed by atoms with Crippen LogP contribution in [0.4, 0.5) is 5.69 Å². The quantitative estimate of drug-likeness (QED) is 0.771. The number of ether oxygens (including phenoxy) is 1. The number of hydrogen-bond acceptors (Lipinski definition) is 3. The van der Waals surface area contributed by atoms with Gasteiger partial charge in [0.1, 0.15) is 5.75 Å². The predicted molar refractivity (Wildman–Crippen MR) is 62.1 cm³/mol. The van der Waals surface area contributed by atoms with E-state index in [-0.39, 0.29) is 0 Å². The Hall–Kier alpha value is -1.22. The first-order valence-electron chi connectivity index (χ1n) is 5.41. The Morgan fingerprint density at radius 2 is 2.33 bits per heavy atom. The van der Waals surface area contributed by atoms with Gasteiger partial charge in [-0.05, 0) is 36.9 Å². The minimum absolute atomic E-state index is 0.739. The molecule has 3 N–H and O–H groups in total. The summed E-state index contributed by atoms with van der Waals surface area (Å²) in [6.07, 6.45) is 1.27. The summed E-state index contributed by atoms with van der Waals surface area (Å²) in [5.74, 6) is 2.40. The number of nitrogens with two attached hydrogens (primary N) is 1. The van der Waals surface area contributed by atoms with Gasteiger partial charge in [-0.2, -0.15) is 0 Å². The highest BCUT2D eigenvalue weighted by Crippen LogP contribution is 2.37. The number of hydrogen-bond donors (Lipinski definition) is 2. The maximum absolute atomic E-state index is 5.59. The second kappa shape index (κ2) is 4.53. The Bertz CT molecular complexity index is 327. The third kappa shape index (κ3) is 2.63. The van der Waals surface area contributed by atoms with Crippen molar-refractivity contribution in [3.05, 3.63) is 24.3 Å². The smallest absolute Gasteiger partial charge is 0.120 e. The first kappa shape index (κ1) is 10.3. The fourth-order valence-corrected chi connectivity index (χ4v) is 1.83. The lowest BCUT2D eigenvalue weighted by Gasteiger charge is -2.07. The number of benzene rings is 1. The van der Waals surface area contributed by atoms with Crippen LogP contribution < -0.4 is 15.8 Å². The molecule has 0 radical (unpaired) electrons. The van der Waals surface area contributed by atoms with Gasteiger partial charge in [-0.1, -0.05) is 6.07 Å². The number of methoxy groups -OCH3 is 1. The zero-order valence-corrected chi connectivity index (χ0v) is 9.07. The molecule has 1 fully saturated rings. The molecule has 2 rings (SSSR count). The number of nitrogens with one attached hydrogen (secondary N) is 1. The van der Waals surface area contributed by atoms with Gasteiger partial charge in [-0.3, -0.25) is 0 Å². The number of anilines is 1. The Kier molecular flexibility index (Phi) is 3.11. The number of rotatable bonds is 5. The second-order valence-electron chi connectivity index (χ2n) is 4.10. The fourth-order valence-electron chi connectivity index (χ4n) is 1.83. The van der Waals surface area contributed by atoms with Crippen LogP contribution in [0.2, 0.25) is 0 Å². The normalized spacial score (nSPS) is 23.6. The Morgan fingerprint density at radius 3 is 3.00 bits per heavy atom. The minimum atomic E-state index is 0.739. The average molecular weight is 206 g/mol. The minimum Gasteiger partial charge on any atom is -0.497 e. The van der Waals surface area contributed by atoms with Gasteiger partial charge in [0.15, 0.2) is 0 Å².